The fraction of sp³-hybridized carbons (Fsp3) is 0.400. The van der Waals surface area contributed by atoms with E-state index in [4.69, 9.17) is 11.6 Å². The molecule has 0 fully saturated rings. The van der Waals surface area contributed by atoms with Crippen LogP contribution in [0.1, 0.15) is 23.7 Å². The van der Waals surface area contributed by atoms with Crippen molar-refractivity contribution in [2.75, 3.05) is 5.75 Å². The Bertz CT molecular complexity index is 356. The van der Waals surface area contributed by atoms with E-state index in [-0.39, 0.29) is 6.10 Å². The summed E-state index contributed by atoms with van der Waals surface area (Å²) in [5, 5.41) is 10.7. The zero-order valence-corrected chi connectivity index (χ0v) is 10.6. The van der Waals surface area contributed by atoms with Crippen molar-refractivity contribution in [1.29, 1.82) is 0 Å². The van der Waals surface area contributed by atoms with E-state index in [1.54, 1.807) is 0 Å². The number of halogens is 2. The number of hydrogen-bond donors (Lipinski definition) is 1. The molecule has 0 amide bonds. The molecule has 0 saturated carbocycles. The van der Waals surface area contributed by atoms with Crippen molar-refractivity contribution in [2.45, 2.75) is 18.3 Å². The lowest BCUT2D eigenvalue weighted by Crippen LogP contribution is -2.00. The lowest BCUT2D eigenvalue weighted by Gasteiger charge is -2.12. The molecule has 1 heterocycles. The van der Waals surface area contributed by atoms with Gasteiger partial charge < -0.3 is 5.11 Å². The van der Waals surface area contributed by atoms with Gasteiger partial charge in [-0.2, -0.15) is 11.8 Å². The maximum Gasteiger partial charge on any atom is 0.0801 e. The van der Waals surface area contributed by atoms with Crippen LogP contribution in [0.4, 0.5) is 0 Å². The van der Waals surface area contributed by atoms with Crippen LogP contribution in [-0.2, 0) is 5.75 Å². The maximum absolute atomic E-state index is 9.90. The Labute approximate surface area is 101 Å². The van der Waals surface area contributed by atoms with Crippen LogP contribution in [0.2, 0.25) is 5.02 Å². The van der Waals surface area contributed by atoms with Crippen molar-refractivity contribution in [3.63, 3.8) is 0 Å². The van der Waals surface area contributed by atoms with E-state index in [1.807, 2.05) is 23.9 Å². The molecule has 76 valence electrons. The summed E-state index contributed by atoms with van der Waals surface area (Å²) in [5.41, 5.74) is 2.07. The Morgan fingerprint density at radius 3 is 3.07 bits per heavy atom. The SMILES string of the molecule is O[C@H]1CCSCc2c(Cl)cc(Br)cc21. The van der Waals surface area contributed by atoms with Crippen molar-refractivity contribution in [2.24, 2.45) is 0 Å². The quantitative estimate of drug-likeness (QED) is 0.786. The molecule has 1 N–H and O–H groups in total. The van der Waals surface area contributed by atoms with Gasteiger partial charge in [0.2, 0.25) is 0 Å². The van der Waals surface area contributed by atoms with Gasteiger partial charge in [0.1, 0.15) is 0 Å². The van der Waals surface area contributed by atoms with Gasteiger partial charge in [-0.1, -0.05) is 27.5 Å². The van der Waals surface area contributed by atoms with Crippen LogP contribution in [0.25, 0.3) is 0 Å². The molecule has 1 aromatic carbocycles. The summed E-state index contributed by atoms with van der Waals surface area (Å²) < 4.78 is 0.937. The molecule has 0 saturated heterocycles. The van der Waals surface area contributed by atoms with E-state index in [0.717, 1.165) is 38.5 Å². The zero-order valence-electron chi connectivity index (χ0n) is 7.46. The smallest absolute Gasteiger partial charge is 0.0801 e. The molecule has 0 unspecified atom stereocenters. The normalized spacial score (nSPS) is 21.5. The van der Waals surface area contributed by atoms with Gasteiger partial charge in [0.25, 0.3) is 0 Å². The number of benzene rings is 1. The number of hydrogen-bond acceptors (Lipinski definition) is 2. The largest absolute Gasteiger partial charge is 0.388 e. The van der Waals surface area contributed by atoms with E-state index in [2.05, 4.69) is 15.9 Å². The Balaban J connectivity index is 2.53. The molecular weight excluding hydrogens is 284 g/mol. The van der Waals surface area contributed by atoms with Crippen LogP contribution in [0.3, 0.4) is 0 Å². The molecule has 4 heteroatoms. The molecule has 0 aromatic heterocycles. The predicted octanol–water partition coefficient (Wildman–Crippen LogP) is 3.77. The van der Waals surface area contributed by atoms with Gasteiger partial charge in [-0.3, -0.25) is 0 Å². The number of aliphatic hydroxyl groups is 1. The highest BCUT2D eigenvalue weighted by Crippen LogP contribution is 2.36. The molecule has 14 heavy (non-hydrogen) atoms. The number of thioether (sulfide) groups is 1. The molecule has 0 radical (unpaired) electrons. The molecule has 1 aromatic rings. The lowest BCUT2D eigenvalue weighted by molar-refractivity contribution is 0.175. The van der Waals surface area contributed by atoms with Crippen LogP contribution in [0, 0.1) is 0 Å². The lowest BCUT2D eigenvalue weighted by atomic mass is 10.0. The summed E-state index contributed by atoms with van der Waals surface area (Å²) >= 11 is 11.3. The van der Waals surface area contributed by atoms with Crippen LogP contribution in [0.15, 0.2) is 16.6 Å². The van der Waals surface area contributed by atoms with Crippen molar-refractivity contribution in [3.05, 3.63) is 32.8 Å². The molecule has 1 aliphatic heterocycles. The zero-order chi connectivity index (χ0) is 10.1. The summed E-state index contributed by atoms with van der Waals surface area (Å²) in [7, 11) is 0. The van der Waals surface area contributed by atoms with E-state index < -0.39 is 0 Å². The third-order valence-electron chi connectivity index (χ3n) is 2.34. The molecule has 1 aliphatic rings. The highest BCUT2D eigenvalue weighted by atomic mass is 79.9. The second kappa shape index (κ2) is 4.44. The third kappa shape index (κ3) is 2.11. The third-order valence-corrected chi connectivity index (χ3v) is 4.15. The van der Waals surface area contributed by atoms with E-state index in [1.165, 1.54) is 0 Å². The van der Waals surface area contributed by atoms with Crippen LogP contribution in [-0.4, -0.2) is 10.9 Å². The first-order valence-corrected chi connectivity index (χ1v) is 6.74. The van der Waals surface area contributed by atoms with Crippen molar-refractivity contribution in [3.8, 4) is 0 Å². The summed E-state index contributed by atoms with van der Waals surface area (Å²) in [5.74, 6) is 1.89. The van der Waals surface area contributed by atoms with Crippen LogP contribution < -0.4 is 0 Å². The minimum absolute atomic E-state index is 0.366. The monoisotopic (exact) mass is 292 g/mol. The highest BCUT2D eigenvalue weighted by molar-refractivity contribution is 9.10. The number of aliphatic hydroxyl groups excluding tert-OH is 1. The average molecular weight is 294 g/mol. The summed E-state index contributed by atoms with van der Waals surface area (Å²) in [6.07, 6.45) is 0.444. The van der Waals surface area contributed by atoms with Crippen molar-refractivity contribution in [1.82, 2.24) is 0 Å². The molecular formula is C10H10BrClOS. The van der Waals surface area contributed by atoms with E-state index >= 15 is 0 Å². The van der Waals surface area contributed by atoms with Gasteiger partial charge >= 0.3 is 0 Å². The standard InChI is InChI=1S/C10H10BrClOS/c11-6-3-7-8(9(12)4-6)5-14-2-1-10(7)13/h3-4,10,13H,1-2,5H2/t10-/m0/s1. The molecule has 0 bridgehead atoms. The second-order valence-electron chi connectivity index (χ2n) is 3.31. The first-order chi connectivity index (χ1) is 6.68. The van der Waals surface area contributed by atoms with Crippen LogP contribution >= 0.6 is 39.3 Å². The average Bonchev–Trinajstić information content (AvgIpc) is 2.29. The maximum atomic E-state index is 9.90. The summed E-state index contributed by atoms with van der Waals surface area (Å²) in [6.45, 7) is 0. The highest BCUT2D eigenvalue weighted by Gasteiger charge is 2.19. The first-order valence-electron chi connectivity index (χ1n) is 4.42. The summed E-state index contributed by atoms with van der Waals surface area (Å²) in [4.78, 5) is 0. The molecule has 0 aliphatic carbocycles. The molecule has 2 rings (SSSR count). The fourth-order valence-electron chi connectivity index (χ4n) is 1.60. The summed E-state index contributed by atoms with van der Waals surface area (Å²) in [6, 6.07) is 3.86. The Morgan fingerprint density at radius 2 is 2.29 bits per heavy atom. The van der Waals surface area contributed by atoms with Crippen LogP contribution in [0.5, 0.6) is 0 Å². The van der Waals surface area contributed by atoms with Gasteiger partial charge in [0.15, 0.2) is 0 Å². The molecule has 1 nitrogen and oxygen atoms in total. The minimum Gasteiger partial charge on any atom is -0.388 e. The van der Waals surface area contributed by atoms with E-state index in [9.17, 15) is 5.11 Å². The molecule has 1 atom stereocenters. The van der Waals surface area contributed by atoms with Gasteiger partial charge in [0, 0.05) is 15.2 Å². The minimum atomic E-state index is -0.366. The topological polar surface area (TPSA) is 20.2 Å². The van der Waals surface area contributed by atoms with E-state index in [0.29, 0.717) is 0 Å². The van der Waals surface area contributed by atoms with Gasteiger partial charge in [-0.05, 0) is 35.4 Å². The Hall–Kier alpha value is 0.300. The van der Waals surface area contributed by atoms with Gasteiger partial charge in [-0.25, -0.2) is 0 Å². The number of fused-ring (bicyclic) bond motifs is 1. The fourth-order valence-corrected chi connectivity index (χ4v) is 3.64. The Kier molecular flexibility index (Phi) is 3.42. The second-order valence-corrected chi connectivity index (χ2v) is 5.74. The number of rotatable bonds is 0. The first kappa shape index (κ1) is 10.8. The predicted molar refractivity (Wildman–Crippen MR) is 64.9 cm³/mol. The van der Waals surface area contributed by atoms with Crippen molar-refractivity contribution >= 4 is 39.3 Å². The van der Waals surface area contributed by atoms with Crippen molar-refractivity contribution < 1.29 is 5.11 Å². The molecule has 0 spiro atoms. The van der Waals surface area contributed by atoms with Gasteiger partial charge in [0.05, 0.1) is 6.10 Å². The van der Waals surface area contributed by atoms with Gasteiger partial charge in [-0.15, -0.1) is 0 Å². The Morgan fingerprint density at radius 1 is 1.50 bits per heavy atom.